The molecule has 1 fully saturated rings. The summed E-state index contributed by atoms with van der Waals surface area (Å²) in [5.41, 5.74) is 0.585. The lowest BCUT2D eigenvalue weighted by molar-refractivity contribution is 0.0231. The fourth-order valence-corrected chi connectivity index (χ4v) is 2.61. The van der Waals surface area contributed by atoms with E-state index in [4.69, 9.17) is 9.15 Å². The molecule has 3 rings (SSSR count). The SMILES string of the molecule is CCOC1CCN(C(=O)Nc2nnc(-c3ccc(F)cc3)o2)CC1. The quantitative estimate of drug-likeness (QED) is 0.930. The molecule has 24 heavy (non-hydrogen) atoms. The molecule has 1 aliphatic rings. The van der Waals surface area contributed by atoms with Crippen LogP contribution in [0.4, 0.5) is 15.2 Å². The van der Waals surface area contributed by atoms with Gasteiger partial charge in [-0.15, -0.1) is 5.10 Å². The third-order valence-corrected chi connectivity index (χ3v) is 3.86. The minimum Gasteiger partial charge on any atom is -0.403 e. The lowest BCUT2D eigenvalue weighted by Gasteiger charge is -2.31. The maximum absolute atomic E-state index is 12.9. The maximum Gasteiger partial charge on any atom is 0.325 e. The zero-order valence-corrected chi connectivity index (χ0v) is 13.4. The van der Waals surface area contributed by atoms with Crippen LogP contribution in [0.2, 0.25) is 0 Å². The fourth-order valence-electron chi connectivity index (χ4n) is 2.61. The average Bonchev–Trinajstić information content (AvgIpc) is 3.05. The largest absolute Gasteiger partial charge is 0.403 e. The summed E-state index contributed by atoms with van der Waals surface area (Å²) in [7, 11) is 0. The molecule has 2 amide bonds. The topological polar surface area (TPSA) is 80.5 Å². The van der Waals surface area contributed by atoms with Crippen LogP contribution in [0.25, 0.3) is 11.5 Å². The van der Waals surface area contributed by atoms with E-state index in [9.17, 15) is 9.18 Å². The number of halogens is 1. The van der Waals surface area contributed by atoms with Gasteiger partial charge in [-0.25, -0.2) is 9.18 Å². The number of amides is 2. The van der Waals surface area contributed by atoms with Gasteiger partial charge in [-0.1, -0.05) is 5.10 Å². The third kappa shape index (κ3) is 3.88. The Bertz CT molecular complexity index is 681. The first kappa shape index (κ1) is 16.4. The number of ether oxygens (including phenoxy) is 1. The van der Waals surface area contributed by atoms with Gasteiger partial charge < -0.3 is 14.1 Å². The first-order valence-electron chi connectivity index (χ1n) is 7.92. The number of carbonyl (C=O) groups is 1. The van der Waals surface area contributed by atoms with Gasteiger partial charge in [-0.05, 0) is 44.0 Å². The van der Waals surface area contributed by atoms with Gasteiger partial charge in [0.2, 0.25) is 5.89 Å². The number of benzene rings is 1. The van der Waals surface area contributed by atoms with Gasteiger partial charge in [-0.2, -0.15) is 0 Å². The molecule has 1 N–H and O–H groups in total. The summed E-state index contributed by atoms with van der Waals surface area (Å²) in [4.78, 5) is 13.9. The van der Waals surface area contributed by atoms with Crippen LogP contribution in [-0.4, -0.2) is 46.9 Å². The molecular weight excluding hydrogens is 315 g/mol. The number of aromatic nitrogens is 2. The molecule has 1 aliphatic heterocycles. The Kier molecular flexibility index (Phi) is 5.05. The highest BCUT2D eigenvalue weighted by Gasteiger charge is 2.24. The van der Waals surface area contributed by atoms with Gasteiger partial charge >= 0.3 is 12.0 Å². The van der Waals surface area contributed by atoms with Crippen molar-refractivity contribution in [3.05, 3.63) is 30.1 Å². The van der Waals surface area contributed by atoms with Gasteiger partial charge in [0.05, 0.1) is 6.10 Å². The van der Waals surface area contributed by atoms with Crippen molar-refractivity contribution in [1.82, 2.24) is 15.1 Å². The Morgan fingerprint density at radius 3 is 2.71 bits per heavy atom. The molecule has 7 nitrogen and oxygen atoms in total. The molecule has 0 spiro atoms. The van der Waals surface area contributed by atoms with Crippen molar-refractivity contribution in [2.24, 2.45) is 0 Å². The predicted molar refractivity (Wildman–Crippen MR) is 84.9 cm³/mol. The number of hydrogen-bond acceptors (Lipinski definition) is 5. The van der Waals surface area contributed by atoms with Crippen molar-refractivity contribution in [1.29, 1.82) is 0 Å². The van der Waals surface area contributed by atoms with Gasteiger partial charge in [0.1, 0.15) is 5.82 Å². The molecule has 128 valence electrons. The maximum atomic E-state index is 12.9. The summed E-state index contributed by atoms with van der Waals surface area (Å²) in [6, 6.07) is 5.42. The van der Waals surface area contributed by atoms with E-state index in [0.29, 0.717) is 25.3 Å². The predicted octanol–water partition coefficient (Wildman–Crippen LogP) is 2.91. The minimum absolute atomic E-state index is 0.0197. The normalized spacial score (nSPS) is 15.5. The van der Waals surface area contributed by atoms with Crippen LogP contribution < -0.4 is 5.32 Å². The molecule has 0 unspecified atom stereocenters. The van der Waals surface area contributed by atoms with Crippen LogP contribution in [0.5, 0.6) is 0 Å². The summed E-state index contributed by atoms with van der Waals surface area (Å²) in [6.45, 7) is 3.89. The molecule has 0 bridgehead atoms. The summed E-state index contributed by atoms with van der Waals surface area (Å²) in [6.07, 6.45) is 1.84. The average molecular weight is 334 g/mol. The summed E-state index contributed by atoms with van der Waals surface area (Å²) >= 11 is 0. The van der Waals surface area contributed by atoms with Crippen molar-refractivity contribution >= 4 is 12.0 Å². The van der Waals surface area contributed by atoms with Crippen molar-refractivity contribution < 1.29 is 18.3 Å². The molecule has 0 radical (unpaired) electrons. The molecule has 0 aliphatic carbocycles. The van der Waals surface area contributed by atoms with Gasteiger partial charge in [-0.3, -0.25) is 5.32 Å². The highest BCUT2D eigenvalue weighted by molar-refractivity contribution is 5.87. The van der Waals surface area contributed by atoms with E-state index in [1.807, 2.05) is 6.92 Å². The number of piperidine rings is 1. The number of carbonyl (C=O) groups excluding carboxylic acids is 1. The lowest BCUT2D eigenvalue weighted by Crippen LogP contribution is -2.43. The standard InChI is InChI=1S/C16H19FN4O3/c1-2-23-13-7-9-21(10-8-13)16(22)18-15-20-19-14(24-15)11-3-5-12(17)6-4-11/h3-6,13H,2,7-10H2,1H3,(H,18,20,22). The van der Waals surface area contributed by atoms with E-state index in [-0.39, 0.29) is 29.9 Å². The Morgan fingerprint density at radius 1 is 1.33 bits per heavy atom. The molecule has 0 atom stereocenters. The number of hydrogen-bond donors (Lipinski definition) is 1. The molecule has 0 saturated carbocycles. The Hall–Kier alpha value is -2.48. The minimum atomic E-state index is -0.345. The van der Waals surface area contributed by atoms with Crippen molar-refractivity contribution in [2.45, 2.75) is 25.9 Å². The summed E-state index contributed by atoms with van der Waals surface area (Å²) in [5.74, 6) is -0.123. The Morgan fingerprint density at radius 2 is 2.04 bits per heavy atom. The first-order valence-corrected chi connectivity index (χ1v) is 7.92. The molecule has 8 heteroatoms. The Balaban J connectivity index is 1.57. The van der Waals surface area contributed by atoms with Crippen LogP contribution in [0, 0.1) is 5.82 Å². The van der Waals surface area contributed by atoms with Crippen LogP contribution in [-0.2, 0) is 4.74 Å². The molecule has 2 aromatic rings. The van der Waals surface area contributed by atoms with Crippen LogP contribution >= 0.6 is 0 Å². The number of nitrogens with one attached hydrogen (secondary N) is 1. The number of anilines is 1. The van der Waals surface area contributed by atoms with Crippen LogP contribution in [0.3, 0.4) is 0 Å². The van der Waals surface area contributed by atoms with Crippen molar-refractivity contribution in [3.8, 4) is 11.5 Å². The van der Waals surface area contributed by atoms with E-state index in [2.05, 4.69) is 15.5 Å². The molecular formula is C16H19FN4O3. The second-order valence-electron chi connectivity index (χ2n) is 5.49. The number of nitrogens with zero attached hydrogens (tertiary/aromatic N) is 3. The molecule has 1 aromatic carbocycles. The number of rotatable bonds is 4. The second kappa shape index (κ2) is 7.39. The fraction of sp³-hybridized carbons (Fsp3) is 0.438. The number of urea groups is 1. The molecule has 2 heterocycles. The zero-order chi connectivity index (χ0) is 16.9. The van der Waals surface area contributed by atoms with Crippen molar-refractivity contribution in [3.63, 3.8) is 0 Å². The van der Waals surface area contributed by atoms with E-state index in [1.165, 1.54) is 24.3 Å². The monoisotopic (exact) mass is 334 g/mol. The second-order valence-corrected chi connectivity index (χ2v) is 5.49. The van der Waals surface area contributed by atoms with Crippen molar-refractivity contribution in [2.75, 3.05) is 25.0 Å². The van der Waals surface area contributed by atoms with E-state index < -0.39 is 0 Å². The molecule has 1 aromatic heterocycles. The van der Waals surface area contributed by atoms with E-state index >= 15 is 0 Å². The summed E-state index contributed by atoms with van der Waals surface area (Å²) < 4.78 is 23.9. The summed E-state index contributed by atoms with van der Waals surface area (Å²) in [5, 5.41) is 10.3. The van der Waals surface area contributed by atoms with Crippen LogP contribution in [0.15, 0.2) is 28.7 Å². The van der Waals surface area contributed by atoms with Gasteiger partial charge in [0.15, 0.2) is 0 Å². The zero-order valence-electron chi connectivity index (χ0n) is 13.4. The van der Waals surface area contributed by atoms with E-state index in [1.54, 1.807) is 4.90 Å². The van der Waals surface area contributed by atoms with Crippen LogP contribution in [0.1, 0.15) is 19.8 Å². The number of likely N-dealkylation sites (tertiary alicyclic amines) is 1. The lowest BCUT2D eigenvalue weighted by atomic mass is 10.1. The van der Waals surface area contributed by atoms with Gasteiger partial charge in [0, 0.05) is 25.3 Å². The highest BCUT2D eigenvalue weighted by Crippen LogP contribution is 2.21. The van der Waals surface area contributed by atoms with Gasteiger partial charge in [0.25, 0.3) is 0 Å². The Labute approximate surface area is 138 Å². The molecule has 1 saturated heterocycles. The smallest absolute Gasteiger partial charge is 0.325 e. The third-order valence-electron chi connectivity index (χ3n) is 3.86. The highest BCUT2D eigenvalue weighted by atomic mass is 19.1. The first-order chi connectivity index (χ1) is 11.7. The van der Waals surface area contributed by atoms with E-state index in [0.717, 1.165) is 12.8 Å².